The summed E-state index contributed by atoms with van der Waals surface area (Å²) in [4.78, 5) is 7.08. The summed E-state index contributed by atoms with van der Waals surface area (Å²) < 4.78 is 16.8. The van der Waals surface area contributed by atoms with Crippen LogP contribution < -0.4 is 4.74 Å². The number of benzene rings is 1. The average molecular weight is 426 g/mol. The number of hydrogen-bond donors (Lipinski definition) is 0. The van der Waals surface area contributed by atoms with E-state index in [0.29, 0.717) is 12.5 Å². The van der Waals surface area contributed by atoms with Crippen molar-refractivity contribution in [1.29, 1.82) is 0 Å². The molecule has 0 fully saturated rings. The molecule has 1 aliphatic rings. The Morgan fingerprint density at radius 2 is 2.03 bits per heavy atom. The van der Waals surface area contributed by atoms with Crippen LogP contribution in [0.1, 0.15) is 50.3 Å². The van der Waals surface area contributed by atoms with Gasteiger partial charge in [0.2, 0.25) is 0 Å². The number of methoxy groups -OCH3 is 1. The third kappa shape index (κ3) is 8.88. The molecule has 0 bridgehead atoms. The standard InChI is InChI=1S/C26H37N2O3/c1-4-13-28(14-12-22-9-10-22)15-16-30-19-24-20-31-26(27-24)11-8-21(2)17-23-6-5-7-25(18-23)29-3/h5-7,9-10,18,20-21H,4,8,11-17,19H2,1-3H3. The molecule has 5 nitrogen and oxygen atoms in total. The van der Waals surface area contributed by atoms with Gasteiger partial charge in [0.25, 0.3) is 0 Å². The zero-order valence-corrected chi connectivity index (χ0v) is 19.3. The molecule has 2 aromatic rings. The highest BCUT2D eigenvalue weighted by Crippen LogP contribution is 2.21. The van der Waals surface area contributed by atoms with Crippen molar-refractivity contribution < 1.29 is 13.9 Å². The monoisotopic (exact) mass is 425 g/mol. The Kier molecular flexibility index (Phi) is 9.63. The van der Waals surface area contributed by atoms with Gasteiger partial charge >= 0.3 is 0 Å². The number of oxazole rings is 1. The van der Waals surface area contributed by atoms with Gasteiger partial charge in [-0.1, -0.05) is 37.6 Å². The van der Waals surface area contributed by atoms with Gasteiger partial charge in [0.15, 0.2) is 5.89 Å². The van der Waals surface area contributed by atoms with E-state index in [2.05, 4.69) is 48.4 Å². The van der Waals surface area contributed by atoms with Crippen molar-refractivity contribution >= 4 is 0 Å². The summed E-state index contributed by atoms with van der Waals surface area (Å²) in [5, 5.41) is 0. The molecule has 1 aliphatic carbocycles. The van der Waals surface area contributed by atoms with E-state index in [1.54, 1.807) is 13.4 Å². The summed E-state index contributed by atoms with van der Waals surface area (Å²) in [6.07, 6.45) is 11.4. The fraction of sp³-hybridized carbons (Fsp3) is 0.538. The second kappa shape index (κ2) is 12.7. The molecule has 0 amide bonds. The summed E-state index contributed by atoms with van der Waals surface area (Å²) in [6.45, 7) is 8.94. The van der Waals surface area contributed by atoms with Gasteiger partial charge in [-0.15, -0.1) is 0 Å². The zero-order valence-electron chi connectivity index (χ0n) is 19.3. The van der Waals surface area contributed by atoms with Crippen molar-refractivity contribution in [1.82, 2.24) is 9.88 Å². The lowest BCUT2D eigenvalue weighted by atomic mass is 9.96. The molecule has 1 radical (unpaired) electrons. The number of aryl methyl sites for hydroxylation is 1. The summed E-state index contributed by atoms with van der Waals surface area (Å²) in [6, 6.07) is 8.30. The maximum atomic E-state index is 5.86. The van der Waals surface area contributed by atoms with Crippen molar-refractivity contribution in [2.24, 2.45) is 5.92 Å². The van der Waals surface area contributed by atoms with E-state index >= 15 is 0 Å². The molecule has 0 aliphatic heterocycles. The van der Waals surface area contributed by atoms with Crippen LogP contribution in [0.15, 0.2) is 46.6 Å². The van der Waals surface area contributed by atoms with Gasteiger partial charge in [-0.25, -0.2) is 4.98 Å². The molecule has 1 aromatic carbocycles. The van der Waals surface area contributed by atoms with Crippen molar-refractivity contribution in [2.45, 2.75) is 52.6 Å². The molecule has 3 rings (SSSR count). The van der Waals surface area contributed by atoms with E-state index in [0.717, 1.165) is 69.3 Å². The van der Waals surface area contributed by atoms with Crippen molar-refractivity contribution in [3.8, 4) is 5.75 Å². The lowest BCUT2D eigenvalue weighted by Crippen LogP contribution is -2.29. The normalized spacial score (nSPS) is 14.0. The number of allylic oxidation sites excluding steroid dienone is 1. The lowest BCUT2D eigenvalue weighted by Gasteiger charge is -2.20. The summed E-state index contributed by atoms with van der Waals surface area (Å²) in [5.41, 5.74) is 3.67. The van der Waals surface area contributed by atoms with Gasteiger partial charge in [-0.05, 0) is 55.8 Å². The van der Waals surface area contributed by atoms with E-state index in [4.69, 9.17) is 13.9 Å². The van der Waals surface area contributed by atoms with Gasteiger partial charge in [0, 0.05) is 25.9 Å². The van der Waals surface area contributed by atoms with E-state index < -0.39 is 0 Å². The summed E-state index contributed by atoms with van der Waals surface area (Å²) in [7, 11) is 1.71. The van der Waals surface area contributed by atoms with Crippen LogP contribution in [0.4, 0.5) is 0 Å². The number of nitrogens with zero attached hydrogens (tertiary/aromatic N) is 2. The predicted octanol–water partition coefficient (Wildman–Crippen LogP) is 5.26. The highest BCUT2D eigenvalue weighted by atomic mass is 16.5. The Labute approximate surface area is 187 Å². The van der Waals surface area contributed by atoms with E-state index in [-0.39, 0.29) is 0 Å². The summed E-state index contributed by atoms with van der Waals surface area (Å²) >= 11 is 0. The summed E-state index contributed by atoms with van der Waals surface area (Å²) in [5.74, 6) is 2.27. The fourth-order valence-electron chi connectivity index (χ4n) is 3.74. The van der Waals surface area contributed by atoms with Gasteiger partial charge in [-0.2, -0.15) is 0 Å². The maximum Gasteiger partial charge on any atom is 0.194 e. The average Bonchev–Trinajstić information content (AvgIpc) is 3.50. The maximum absolute atomic E-state index is 5.86. The highest BCUT2D eigenvalue weighted by Gasteiger charge is 2.12. The highest BCUT2D eigenvalue weighted by molar-refractivity contribution is 5.38. The molecular weight excluding hydrogens is 388 g/mol. The Morgan fingerprint density at radius 1 is 1.16 bits per heavy atom. The minimum Gasteiger partial charge on any atom is -0.497 e. The van der Waals surface area contributed by atoms with E-state index in [9.17, 15) is 0 Å². The third-order valence-corrected chi connectivity index (χ3v) is 5.63. The van der Waals surface area contributed by atoms with Crippen LogP contribution in [0.25, 0.3) is 0 Å². The first kappa shape index (κ1) is 23.6. The fourth-order valence-corrected chi connectivity index (χ4v) is 3.74. The molecule has 1 aromatic heterocycles. The molecule has 0 saturated carbocycles. The number of hydrogen-bond acceptors (Lipinski definition) is 5. The second-order valence-electron chi connectivity index (χ2n) is 8.48. The SMILES string of the molecule is CCCN(CCOCc1coc(CCC(C)Cc2cccc(OC)c2)n1)CCC1=C[CH]1. The first-order valence-corrected chi connectivity index (χ1v) is 11.6. The Bertz CT molecular complexity index is 814. The van der Waals surface area contributed by atoms with Crippen molar-refractivity contribution in [3.05, 3.63) is 65.7 Å². The van der Waals surface area contributed by atoms with Crippen LogP contribution in [-0.4, -0.2) is 43.2 Å². The van der Waals surface area contributed by atoms with Crippen LogP contribution in [0.5, 0.6) is 5.75 Å². The molecule has 0 N–H and O–H groups in total. The third-order valence-electron chi connectivity index (χ3n) is 5.63. The van der Waals surface area contributed by atoms with Crippen LogP contribution >= 0.6 is 0 Å². The first-order chi connectivity index (χ1) is 15.2. The number of rotatable bonds is 16. The van der Waals surface area contributed by atoms with Crippen LogP contribution in [0.3, 0.4) is 0 Å². The molecule has 0 saturated heterocycles. The zero-order chi connectivity index (χ0) is 21.9. The van der Waals surface area contributed by atoms with Crippen LogP contribution in [0.2, 0.25) is 0 Å². The number of ether oxygens (including phenoxy) is 2. The molecular formula is C26H37N2O3. The topological polar surface area (TPSA) is 47.7 Å². The Hall–Kier alpha value is -2.11. The van der Waals surface area contributed by atoms with E-state index in [1.165, 1.54) is 17.6 Å². The van der Waals surface area contributed by atoms with E-state index in [1.807, 2.05) is 12.1 Å². The Morgan fingerprint density at radius 3 is 2.81 bits per heavy atom. The lowest BCUT2D eigenvalue weighted by molar-refractivity contribution is 0.0908. The first-order valence-electron chi connectivity index (χ1n) is 11.6. The van der Waals surface area contributed by atoms with Crippen molar-refractivity contribution in [3.63, 3.8) is 0 Å². The molecule has 1 atom stereocenters. The molecule has 31 heavy (non-hydrogen) atoms. The van der Waals surface area contributed by atoms with Crippen molar-refractivity contribution in [2.75, 3.05) is 33.4 Å². The molecule has 5 heteroatoms. The molecule has 1 heterocycles. The quantitative estimate of drug-likeness (QED) is 0.344. The van der Waals surface area contributed by atoms with Gasteiger partial charge in [0.1, 0.15) is 17.7 Å². The minimum atomic E-state index is 0.516. The van der Waals surface area contributed by atoms with Gasteiger partial charge in [-0.3, -0.25) is 0 Å². The number of aromatic nitrogens is 1. The minimum absolute atomic E-state index is 0.516. The van der Waals surface area contributed by atoms with Gasteiger partial charge in [0.05, 0.1) is 20.3 Å². The van der Waals surface area contributed by atoms with Crippen LogP contribution in [-0.2, 0) is 24.2 Å². The smallest absolute Gasteiger partial charge is 0.194 e. The largest absolute Gasteiger partial charge is 0.497 e. The Balaban J connectivity index is 1.32. The van der Waals surface area contributed by atoms with Crippen LogP contribution in [0, 0.1) is 12.3 Å². The molecule has 1 unspecified atom stereocenters. The van der Waals surface area contributed by atoms with Gasteiger partial charge < -0.3 is 18.8 Å². The second-order valence-corrected chi connectivity index (χ2v) is 8.48. The molecule has 169 valence electrons. The predicted molar refractivity (Wildman–Crippen MR) is 124 cm³/mol. The molecule has 0 spiro atoms.